The van der Waals surface area contributed by atoms with E-state index in [0.717, 1.165) is 5.69 Å². The van der Waals surface area contributed by atoms with Gasteiger partial charge in [-0.2, -0.15) is 20.5 Å². The molecule has 0 atom stereocenters. The molecule has 1 aromatic heterocycles. The van der Waals surface area contributed by atoms with Gasteiger partial charge in [0.1, 0.15) is 11.6 Å². The molecule has 0 fully saturated rings. The summed E-state index contributed by atoms with van der Waals surface area (Å²) in [5.74, 6) is 0.715. The van der Waals surface area contributed by atoms with E-state index in [-0.39, 0.29) is 11.9 Å². The SMILES string of the molecule is N/C(=N/[N+](=O)[O-])NCCSCc1csc(N/C(N)=N\CC(F)(F)Cl)n1. The number of thiazole rings is 1. The van der Waals surface area contributed by atoms with Gasteiger partial charge in [0.05, 0.1) is 5.69 Å². The molecule has 6 N–H and O–H groups in total. The summed E-state index contributed by atoms with van der Waals surface area (Å²) in [6.45, 7) is -0.535. The van der Waals surface area contributed by atoms with Crippen LogP contribution in [0.1, 0.15) is 5.69 Å². The first kappa shape index (κ1) is 21.1. The number of thioether (sulfide) groups is 1. The van der Waals surface area contributed by atoms with E-state index < -0.39 is 17.0 Å². The van der Waals surface area contributed by atoms with Crippen LogP contribution in [0.15, 0.2) is 15.5 Å². The van der Waals surface area contributed by atoms with Crippen LogP contribution in [0.3, 0.4) is 0 Å². The summed E-state index contributed by atoms with van der Waals surface area (Å²) in [5, 5.41) is 16.0. The van der Waals surface area contributed by atoms with Gasteiger partial charge in [-0.3, -0.25) is 0 Å². The van der Waals surface area contributed by atoms with Crippen LogP contribution in [-0.4, -0.2) is 46.2 Å². The number of nitrogens with zero attached hydrogens (tertiary/aromatic N) is 4. The quantitative estimate of drug-likeness (QED) is 0.116. The van der Waals surface area contributed by atoms with Crippen molar-refractivity contribution < 1.29 is 13.8 Å². The average Bonchev–Trinajstić information content (AvgIpc) is 2.91. The number of nitro groups is 1. The fourth-order valence-electron chi connectivity index (χ4n) is 1.31. The first-order valence-corrected chi connectivity index (χ1v) is 8.95. The van der Waals surface area contributed by atoms with Crippen molar-refractivity contribution in [2.45, 2.75) is 11.1 Å². The molecule has 1 heterocycles. The number of rotatable bonds is 9. The van der Waals surface area contributed by atoms with Crippen molar-refractivity contribution in [1.29, 1.82) is 0 Å². The second-order valence-corrected chi connectivity index (χ2v) is 6.80. The Kier molecular flexibility index (Phi) is 8.57. The normalized spacial score (nSPS) is 12.9. The standard InChI is InChI=1S/C10H15ClF2N8O2S2/c11-10(12,13)5-17-7(14)19-9-18-6(4-25-9)3-24-2-1-16-8(15)20-21(22)23/h4H,1-3,5H2,(H3,15,16,20)(H3,14,17,18,19). The lowest BCUT2D eigenvalue weighted by Gasteiger charge is -2.05. The summed E-state index contributed by atoms with van der Waals surface area (Å²) in [5.41, 5.74) is 11.5. The molecule has 0 aliphatic carbocycles. The molecule has 0 radical (unpaired) electrons. The van der Waals surface area contributed by atoms with E-state index in [1.54, 1.807) is 5.38 Å². The number of guanidine groups is 2. The summed E-state index contributed by atoms with van der Waals surface area (Å²) in [7, 11) is 0. The predicted octanol–water partition coefficient (Wildman–Crippen LogP) is 1.03. The van der Waals surface area contributed by atoms with E-state index in [9.17, 15) is 18.9 Å². The number of alkyl halides is 3. The average molecular weight is 417 g/mol. The second-order valence-electron chi connectivity index (χ2n) is 4.29. The van der Waals surface area contributed by atoms with E-state index in [4.69, 9.17) is 23.1 Å². The molecule has 15 heteroatoms. The molecule has 25 heavy (non-hydrogen) atoms. The van der Waals surface area contributed by atoms with Crippen LogP contribution in [-0.2, 0) is 5.75 Å². The summed E-state index contributed by atoms with van der Waals surface area (Å²) in [6, 6.07) is 0. The number of anilines is 1. The first-order chi connectivity index (χ1) is 11.7. The van der Waals surface area contributed by atoms with E-state index in [0.29, 0.717) is 23.2 Å². The molecule has 10 nitrogen and oxygen atoms in total. The van der Waals surface area contributed by atoms with E-state index in [2.05, 4.69) is 25.7 Å². The highest BCUT2D eigenvalue weighted by Crippen LogP contribution is 2.20. The fourth-order valence-corrected chi connectivity index (χ4v) is 2.94. The van der Waals surface area contributed by atoms with Gasteiger partial charge in [0, 0.05) is 23.4 Å². The number of hydrogen-bond acceptors (Lipinski definition) is 6. The van der Waals surface area contributed by atoms with Crippen LogP contribution in [0.4, 0.5) is 13.9 Å². The molecule has 0 saturated carbocycles. The molecule has 0 aliphatic rings. The van der Waals surface area contributed by atoms with Crippen molar-refractivity contribution >= 4 is 51.8 Å². The maximum absolute atomic E-state index is 12.4. The van der Waals surface area contributed by atoms with Crippen LogP contribution < -0.4 is 22.1 Å². The zero-order valence-electron chi connectivity index (χ0n) is 12.6. The third-order valence-electron chi connectivity index (χ3n) is 2.21. The van der Waals surface area contributed by atoms with Crippen LogP contribution in [0.2, 0.25) is 0 Å². The third-order valence-corrected chi connectivity index (χ3v) is 4.13. The molecule has 1 aromatic rings. The Hall–Kier alpha value is -1.93. The lowest BCUT2D eigenvalue weighted by molar-refractivity contribution is -0.485. The minimum atomic E-state index is -3.45. The van der Waals surface area contributed by atoms with Gasteiger partial charge < -0.3 is 22.1 Å². The zero-order valence-corrected chi connectivity index (χ0v) is 15.0. The smallest absolute Gasteiger partial charge is 0.341 e. The number of hydrazone groups is 1. The molecule has 0 aliphatic heterocycles. The first-order valence-electron chi connectivity index (χ1n) is 6.54. The maximum Gasteiger partial charge on any atom is 0.341 e. The number of aromatic nitrogens is 1. The lowest BCUT2D eigenvalue weighted by Crippen LogP contribution is -2.34. The van der Waals surface area contributed by atoms with Crippen LogP contribution >= 0.6 is 34.7 Å². The molecule has 0 bridgehead atoms. The van der Waals surface area contributed by atoms with Crippen molar-refractivity contribution in [3.8, 4) is 0 Å². The number of hydrogen-bond donors (Lipinski definition) is 4. The number of nitrogens with two attached hydrogens (primary N) is 2. The number of nitrogens with one attached hydrogen (secondary N) is 2. The Morgan fingerprint density at radius 1 is 1.52 bits per heavy atom. The van der Waals surface area contributed by atoms with E-state index in [1.165, 1.54) is 23.1 Å². The Bertz CT molecular complexity index is 637. The van der Waals surface area contributed by atoms with Crippen molar-refractivity contribution in [2.75, 3.05) is 24.2 Å². The van der Waals surface area contributed by atoms with E-state index in [1.807, 2.05) is 0 Å². The van der Waals surface area contributed by atoms with Gasteiger partial charge in [0.15, 0.2) is 16.1 Å². The Balaban J connectivity index is 2.30. The maximum atomic E-state index is 12.4. The van der Waals surface area contributed by atoms with Crippen LogP contribution in [0, 0.1) is 10.1 Å². The van der Waals surface area contributed by atoms with Crippen molar-refractivity contribution in [3.05, 3.63) is 21.2 Å². The highest BCUT2D eigenvalue weighted by Gasteiger charge is 2.23. The minimum absolute atomic E-state index is 0.210. The molecule has 0 spiro atoms. The van der Waals surface area contributed by atoms with Crippen LogP contribution in [0.5, 0.6) is 0 Å². The van der Waals surface area contributed by atoms with Crippen molar-refractivity contribution in [1.82, 2.24) is 10.3 Å². The van der Waals surface area contributed by atoms with Gasteiger partial charge in [-0.15, -0.1) is 11.3 Å². The van der Waals surface area contributed by atoms with Gasteiger partial charge in [-0.25, -0.2) is 20.1 Å². The van der Waals surface area contributed by atoms with Crippen LogP contribution in [0.25, 0.3) is 0 Å². The fraction of sp³-hybridized carbons (Fsp3) is 0.500. The van der Waals surface area contributed by atoms with E-state index >= 15 is 0 Å². The lowest BCUT2D eigenvalue weighted by atomic mass is 10.6. The van der Waals surface area contributed by atoms with Gasteiger partial charge in [0.25, 0.3) is 5.96 Å². The van der Waals surface area contributed by atoms with Gasteiger partial charge >= 0.3 is 5.38 Å². The largest absolute Gasteiger partial charge is 0.370 e. The van der Waals surface area contributed by atoms with Crippen molar-refractivity contribution in [3.63, 3.8) is 0 Å². The Morgan fingerprint density at radius 2 is 2.24 bits per heavy atom. The number of halogens is 3. The third kappa shape index (κ3) is 10.5. The number of aliphatic imine (C=N–C) groups is 1. The summed E-state index contributed by atoms with van der Waals surface area (Å²) in [4.78, 5) is 17.7. The highest BCUT2D eigenvalue weighted by molar-refractivity contribution is 7.98. The molecule has 0 unspecified atom stereocenters. The molecule has 140 valence electrons. The molecule has 0 amide bonds. The highest BCUT2D eigenvalue weighted by atomic mass is 35.5. The van der Waals surface area contributed by atoms with Gasteiger partial charge in [-0.1, -0.05) is 0 Å². The topological polar surface area (TPSA) is 157 Å². The summed E-state index contributed by atoms with van der Waals surface area (Å²) < 4.78 is 24.9. The second kappa shape index (κ2) is 10.1. The van der Waals surface area contributed by atoms with Gasteiger partial charge in [0.2, 0.25) is 0 Å². The monoisotopic (exact) mass is 416 g/mol. The molecular weight excluding hydrogens is 402 g/mol. The predicted molar refractivity (Wildman–Crippen MR) is 95.8 cm³/mol. The summed E-state index contributed by atoms with van der Waals surface area (Å²) >= 11 is 7.47. The molecule has 1 rings (SSSR count). The summed E-state index contributed by atoms with van der Waals surface area (Å²) in [6.07, 6.45) is 0. The van der Waals surface area contributed by atoms with Gasteiger partial charge in [-0.05, 0) is 11.6 Å². The minimum Gasteiger partial charge on any atom is -0.370 e. The molecule has 0 aromatic carbocycles. The Morgan fingerprint density at radius 3 is 2.88 bits per heavy atom. The molecule has 0 saturated heterocycles. The van der Waals surface area contributed by atoms with Crippen molar-refractivity contribution in [2.24, 2.45) is 21.6 Å². The zero-order chi connectivity index (χ0) is 18.9. The Labute approximate surface area is 154 Å². The molecular formula is C10H15ClF2N8O2S2.